The quantitative estimate of drug-likeness (QED) is 0.563. The second-order valence-electron chi connectivity index (χ2n) is 6.72. The lowest BCUT2D eigenvalue weighted by Crippen LogP contribution is -2.28. The van der Waals surface area contributed by atoms with Gasteiger partial charge in [-0.15, -0.1) is 0 Å². The molecule has 0 aliphatic heterocycles. The Morgan fingerprint density at radius 3 is 2.16 bits per heavy atom. The van der Waals surface area contributed by atoms with Gasteiger partial charge in [0.2, 0.25) is 0 Å². The molecule has 0 heterocycles. The average Bonchev–Trinajstić information content (AvgIpc) is 2.75. The Morgan fingerprint density at radius 1 is 0.968 bits per heavy atom. The van der Waals surface area contributed by atoms with E-state index in [9.17, 15) is 22.0 Å². The minimum absolute atomic E-state index is 0.00866. The lowest BCUT2D eigenvalue weighted by molar-refractivity contribution is 0.0954. The maximum atomic E-state index is 13.1. The van der Waals surface area contributed by atoms with Gasteiger partial charge in [-0.3, -0.25) is 9.10 Å². The number of benzene rings is 3. The first-order valence-electron chi connectivity index (χ1n) is 9.25. The van der Waals surface area contributed by atoms with Crippen molar-refractivity contribution < 1.29 is 22.0 Å². The van der Waals surface area contributed by atoms with Crippen LogP contribution in [0.25, 0.3) is 0 Å². The van der Waals surface area contributed by atoms with Gasteiger partial charge in [0.05, 0.1) is 21.2 Å². The number of nitrogens with zero attached hydrogens (tertiary/aromatic N) is 1. The van der Waals surface area contributed by atoms with E-state index in [4.69, 9.17) is 11.6 Å². The average molecular weight is 465 g/mol. The van der Waals surface area contributed by atoms with Crippen molar-refractivity contribution in [2.75, 3.05) is 17.9 Å². The molecule has 0 aliphatic carbocycles. The number of anilines is 1. The Balaban J connectivity index is 1.76. The van der Waals surface area contributed by atoms with Crippen molar-refractivity contribution in [3.63, 3.8) is 0 Å². The summed E-state index contributed by atoms with van der Waals surface area (Å²) >= 11 is 6.12. The predicted octanol–water partition coefficient (Wildman–Crippen LogP) is 4.42. The molecule has 5 nitrogen and oxygen atoms in total. The van der Waals surface area contributed by atoms with Crippen LogP contribution in [-0.2, 0) is 16.4 Å². The molecule has 3 rings (SSSR count). The highest BCUT2D eigenvalue weighted by Gasteiger charge is 2.23. The van der Waals surface area contributed by atoms with Crippen molar-refractivity contribution in [2.45, 2.75) is 11.3 Å². The maximum absolute atomic E-state index is 13.1. The third-order valence-corrected chi connectivity index (χ3v) is 6.75. The Kier molecular flexibility index (Phi) is 6.92. The topological polar surface area (TPSA) is 66.5 Å². The van der Waals surface area contributed by atoms with E-state index >= 15 is 0 Å². The Labute approximate surface area is 184 Å². The summed E-state index contributed by atoms with van der Waals surface area (Å²) in [6, 6.07) is 14.7. The summed E-state index contributed by atoms with van der Waals surface area (Å²) in [5, 5.41) is 2.78. The van der Waals surface area contributed by atoms with Crippen molar-refractivity contribution in [1.82, 2.24) is 5.32 Å². The summed E-state index contributed by atoms with van der Waals surface area (Å²) in [7, 11) is -2.68. The number of hydrogen-bond acceptors (Lipinski definition) is 3. The molecule has 9 heteroatoms. The standard InChI is InChI=1S/C22H19ClF2N2O3S/c1-27(18-8-6-17(25)7-9-18)31(29,30)19-10-11-21(23)20(14-19)22(28)26-13-12-15-2-4-16(24)5-3-15/h2-11,14H,12-13H2,1H3,(H,26,28). The van der Waals surface area contributed by atoms with E-state index in [2.05, 4.69) is 5.32 Å². The molecular weight excluding hydrogens is 446 g/mol. The van der Waals surface area contributed by atoms with E-state index in [1.807, 2.05) is 0 Å². The van der Waals surface area contributed by atoms with Gasteiger partial charge in [-0.2, -0.15) is 0 Å². The minimum atomic E-state index is -4.01. The summed E-state index contributed by atoms with van der Waals surface area (Å²) in [6.45, 7) is 0.257. The van der Waals surface area contributed by atoms with Crippen LogP contribution in [0, 0.1) is 11.6 Å². The fourth-order valence-electron chi connectivity index (χ4n) is 2.85. The number of sulfonamides is 1. The van der Waals surface area contributed by atoms with E-state index in [-0.39, 0.29) is 33.5 Å². The number of halogens is 3. The molecule has 3 aromatic carbocycles. The lowest BCUT2D eigenvalue weighted by atomic mass is 10.1. The highest BCUT2D eigenvalue weighted by atomic mass is 35.5. The van der Waals surface area contributed by atoms with Crippen LogP contribution >= 0.6 is 11.6 Å². The first kappa shape index (κ1) is 22.7. The SMILES string of the molecule is CN(c1ccc(F)cc1)S(=O)(=O)c1ccc(Cl)c(C(=O)NCCc2ccc(F)cc2)c1. The summed E-state index contributed by atoms with van der Waals surface area (Å²) in [4.78, 5) is 12.4. The Hall–Kier alpha value is -2.97. The second kappa shape index (κ2) is 9.45. The molecule has 1 N–H and O–H groups in total. The molecule has 0 radical (unpaired) electrons. The molecule has 0 bridgehead atoms. The lowest BCUT2D eigenvalue weighted by Gasteiger charge is -2.20. The minimum Gasteiger partial charge on any atom is -0.352 e. The smallest absolute Gasteiger partial charge is 0.264 e. The predicted molar refractivity (Wildman–Crippen MR) is 116 cm³/mol. The third-order valence-electron chi connectivity index (χ3n) is 4.64. The molecule has 0 spiro atoms. The van der Waals surface area contributed by atoms with Crippen LogP contribution in [0.5, 0.6) is 0 Å². The van der Waals surface area contributed by atoms with Gasteiger partial charge in [0.15, 0.2) is 0 Å². The van der Waals surface area contributed by atoms with Crippen LogP contribution in [0.15, 0.2) is 71.6 Å². The van der Waals surface area contributed by atoms with Gasteiger partial charge >= 0.3 is 0 Å². The van der Waals surface area contributed by atoms with Gasteiger partial charge in [-0.25, -0.2) is 17.2 Å². The maximum Gasteiger partial charge on any atom is 0.264 e. The van der Waals surface area contributed by atoms with E-state index in [1.54, 1.807) is 12.1 Å². The largest absolute Gasteiger partial charge is 0.352 e. The van der Waals surface area contributed by atoms with E-state index in [0.29, 0.717) is 6.42 Å². The second-order valence-corrected chi connectivity index (χ2v) is 9.10. The molecule has 0 saturated carbocycles. The summed E-state index contributed by atoms with van der Waals surface area (Å²) in [5.74, 6) is -1.36. The van der Waals surface area contributed by atoms with Gasteiger partial charge in [0.1, 0.15) is 11.6 Å². The Morgan fingerprint density at radius 2 is 1.55 bits per heavy atom. The van der Waals surface area contributed by atoms with Gasteiger partial charge < -0.3 is 5.32 Å². The molecule has 0 saturated heterocycles. The normalized spacial score (nSPS) is 11.2. The molecule has 0 unspecified atom stereocenters. The zero-order valence-electron chi connectivity index (χ0n) is 16.5. The number of amides is 1. The van der Waals surface area contributed by atoms with Crippen LogP contribution in [-0.4, -0.2) is 27.9 Å². The zero-order chi connectivity index (χ0) is 22.6. The number of nitrogens with one attached hydrogen (secondary N) is 1. The fourth-order valence-corrected chi connectivity index (χ4v) is 4.28. The van der Waals surface area contributed by atoms with Crippen LogP contribution in [0.4, 0.5) is 14.5 Å². The number of carbonyl (C=O) groups is 1. The summed E-state index contributed by atoms with van der Waals surface area (Å²) in [5.41, 5.74) is 1.11. The molecule has 3 aromatic rings. The number of rotatable bonds is 7. The first-order valence-corrected chi connectivity index (χ1v) is 11.1. The van der Waals surface area contributed by atoms with E-state index in [1.165, 1.54) is 49.5 Å². The molecule has 0 aromatic heterocycles. The van der Waals surface area contributed by atoms with Crippen molar-refractivity contribution in [2.24, 2.45) is 0 Å². The van der Waals surface area contributed by atoms with Crippen LogP contribution in [0.3, 0.4) is 0 Å². The molecule has 0 atom stereocenters. The summed E-state index contributed by atoms with van der Waals surface area (Å²) in [6.07, 6.45) is 0.467. The van der Waals surface area contributed by atoms with Crippen molar-refractivity contribution in [3.8, 4) is 0 Å². The monoisotopic (exact) mass is 464 g/mol. The van der Waals surface area contributed by atoms with Crippen LogP contribution < -0.4 is 9.62 Å². The molecule has 31 heavy (non-hydrogen) atoms. The first-order chi connectivity index (χ1) is 14.7. The highest BCUT2D eigenvalue weighted by molar-refractivity contribution is 7.92. The molecule has 0 fully saturated rings. The molecule has 0 aliphatic rings. The van der Waals surface area contributed by atoms with Gasteiger partial charge in [0.25, 0.3) is 15.9 Å². The molecular formula is C22H19ClF2N2O3S. The third kappa shape index (κ3) is 5.39. The van der Waals surface area contributed by atoms with Gasteiger partial charge in [0, 0.05) is 13.6 Å². The number of hydrogen-bond donors (Lipinski definition) is 1. The van der Waals surface area contributed by atoms with E-state index in [0.717, 1.165) is 22.0 Å². The fraction of sp³-hybridized carbons (Fsp3) is 0.136. The van der Waals surface area contributed by atoms with Crippen molar-refractivity contribution in [3.05, 3.63) is 94.5 Å². The van der Waals surface area contributed by atoms with Crippen molar-refractivity contribution in [1.29, 1.82) is 0 Å². The van der Waals surface area contributed by atoms with Crippen molar-refractivity contribution >= 4 is 33.2 Å². The van der Waals surface area contributed by atoms with Crippen LogP contribution in [0.1, 0.15) is 15.9 Å². The summed E-state index contributed by atoms with van der Waals surface area (Å²) < 4.78 is 53.0. The molecule has 1 amide bonds. The van der Waals surface area contributed by atoms with Crippen LogP contribution in [0.2, 0.25) is 5.02 Å². The van der Waals surface area contributed by atoms with Gasteiger partial charge in [-0.05, 0) is 66.6 Å². The highest BCUT2D eigenvalue weighted by Crippen LogP contribution is 2.26. The zero-order valence-corrected chi connectivity index (χ0v) is 18.1. The van der Waals surface area contributed by atoms with E-state index < -0.39 is 21.7 Å². The van der Waals surface area contributed by atoms with Gasteiger partial charge in [-0.1, -0.05) is 23.7 Å². The number of carbonyl (C=O) groups excluding carboxylic acids is 1. The molecule has 162 valence electrons. The Bertz CT molecular complexity index is 1180.